The Kier molecular flexibility index (Phi) is 5.17. The van der Waals surface area contributed by atoms with Crippen molar-refractivity contribution in [2.24, 2.45) is 0 Å². The van der Waals surface area contributed by atoms with Crippen LogP contribution in [0.15, 0.2) is 30.3 Å². The van der Waals surface area contributed by atoms with Gasteiger partial charge in [-0.05, 0) is 24.3 Å². The molecule has 0 saturated heterocycles. The van der Waals surface area contributed by atoms with Gasteiger partial charge in [-0.1, -0.05) is 50.1 Å². The van der Waals surface area contributed by atoms with Gasteiger partial charge in [0.05, 0.1) is 6.07 Å². The third kappa shape index (κ3) is 3.60. The Labute approximate surface area is 121 Å². The van der Waals surface area contributed by atoms with Gasteiger partial charge in [0, 0.05) is 12.5 Å². The zero-order chi connectivity index (χ0) is 14.4. The van der Waals surface area contributed by atoms with E-state index in [1.165, 1.54) is 18.4 Å². The van der Waals surface area contributed by atoms with Crippen molar-refractivity contribution in [1.29, 1.82) is 5.26 Å². The molecule has 3 nitrogen and oxygen atoms in total. The number of hydrogen-bond donors (Lipinski definition) is 0. The van der Waals surface area contributed by atoms with Crippen molar-refractivity contribution >= 4 is 5.91 Å². The molecule has 0 N–H and O–H groups in total. The third-order valence-electron chi connectivity index (χ3n) is 4.18. The van der Waals surface area contributed by atoms with Gasteiger partial charge in [0.15, 0.2) is 0 Å². The molecule has 1 aliphatic rings. The largest absolute Gasteiger partial charge is 0.326 e. The Morgan fingerprint density at radius 1 is 1.35 bits per heavy atom. The fourth-order valence-corrected chi connectivity index (χ4v) is 2.99. The van der Waals surface area contributed by atoms with Crippen LogP contribution in [-0.2, 0) is 4.79 Å². The Hall–Kier alpha value is -1.82. The highest BCUT2D eigenvalue weighted by atomic mass is 16.2. The van der Waals surface area contributed by atoms with Crippen LogP contribution in [0.3, 0.4) is 0 Å². The van der Waals surface area contributed by atoms with E-state index in [4.69, 9.17) is 5.26 Å². The lowest BCUT2D eigenvalue weighted by atomic mass is 9.97. The van der Waals surface area contributed by atoms with E-state index in [2.05, 4.69) is 25.1 Å². The first-order chi connectivity index (χ1) is 9.72. The fourth-order valence-electron chi connectivity index (χ4n) is 2.99. The summed E-state index contributed by atoms with van der Waals surface area (Å²) in [7, 11) is 0. The number of amides is 1. The van der Waals surface area contributed by atoms with E-state index < -0.39 is 0 Å². The summed E-state index contributed by atoms with van der Waals surface area (Å²) in [5, 5.41) is 8.95. The summed E-state index contributed by atoms with van der Waals surface area (Å²) in [5.74, 6) is 0.320. The van der Waals surface area contributed by atoms with Crippen LogP contribution in [0.5, 0.6) is 0 Å². The first-order valence-corrected chi connectivity index (χ1v) is 7.43. The highest BCUT2D eigenvalue weighted by Gasteiger charge is 2.27. The third-order valence-corrected chi connectivity index (χ3v) is 4.18. The van der Waals surface area contributed by atoms with Gasteiger partial charge >= 0.3 is 0 Å². The second-order valence-corrected chi connectivity index (χ2v) is 5.63. The number of benzene rings is 1. The number of rotatable bonds is 5. The predicted molar refractivity (Wildman–Crippen MR) is 79.1 cm³/mol. The molecule has 1 saturated carbocycles. The van der Waals surface area contributed by atoms with Gasteiger partial charge in [0.1, 0.15) is 6.54 Å². The minimum absolute atomic E-state index is 0.120. The van der Waals surface area contributed by atoms with Gasteiger partial charge in [-0.3, -0.25) is 4.79 Å². The van der Waals surface area contributed by atoms with E-state index in [1.807, 2.05) is 18.2 Å². The Morgan fingerprint density at radius 2 is 2.00 bits per heavy atom. The molecule has 3 heteroatoms. The van der Waals surface area contributed by atoms with E-state index in [9.17, 15) is 4.79 Å². The fraction of sp³-hybridized carbons (Fsp3) is 0.529. The van der Waals surface area contributed by atoms with Crippen LogP contribution in [0.4, 0.5) is 0 Å². The van der Waals surface area contributed by atoms with Crippen LogP contribution in [0.25, 0.3) is 0 Å². The average molecular weight is 270 g/mol. The molecular weight excluding hydrogens is 248 g/mol. The number of carbonyl (C=O) groups is 1. The van der Waals surface area contributed by atoms with Gasteiger partial charge in [0.2, 0.25) is 5.91 Å². The summed E-state index contributed by atoms with van der Waals surface area (Å²) in [4.78, 5) is 14.3. The van der Waals surface area contributed by atoms with Crippen LogP contribution in [-0.4, -0.2) is 23.4 Å². The normalized spacial score (nSPS) is 16.6. The Balaban J connectivity index is 1.99. The number of hydrogen-bond acceptors (Lipinski definition) is 2. The highest BCUT2D eigenvalue weighted by molar-refractivity contribution is 5.77. The molecule has 0 bridgehead atoms. The maximum atomic E-state index is 12.5. The summed E-state index contributed by atoms with van der Waals surface area (Å²) in [5.41, 5.74) is 1.18. The molecular formula is C17H22N2O. The monoisotopic (exact) mass is 270 g/mol. The second-order valence-electron chi connectivity index (χ2n) is 5.63. The zero-order valence-corrected chi connectivity index (χ0v) is 12.1. The van der Waals surface area contributed by atoms with Crippen LogP contribution < -0.4 is 0 Å². The predicted octanol–water partition coefficient (Wildman–Crippen LogP) is 3.47. The summed E-state index contributed by atoms with van der Waals surface area (Å²) in [6, 6.07) is 12.5. The molecule has 2 rings (SSSR count). The van der Waals surface area contributed by atoms with E-state index in [-0.39, 0.29) is 24.4 Å². The maximum absolute atomic E-state index is 12.5. The Morgan fingerprint density at radius 3 is 2.60 bits per heavy atom. The lowest BCUT2D eigenvalue weighted by molar-refractivity contribution is -0.133. The molecule has 1 unspecified atom stereocenters. The van der Waals surface area contributed by atoms with Crippen LogP contribution in [0.2, 0.25) is 0 Å². The molecule has 1 atom stereocenters. The van der Waals surface area contributed by atoms with E-state index in [0.29, 0.717) is 6.42 Å². The molecule has 1 aromatic carbocycles. The summed E-state index contributed by atoms with van der Waals surface area (Å²) in [6.45, 7) is 2.30. The number of nitriles is 1. The standard InChI is InChI=1S/C17H22N2O/c1-14(15-7-3-2-4-8-15)13-17(20)19(12-11-18)16-9-5-6-10-16/h2-4,7-8,14,16H,5-6,9-10,12-13H2,1H3. The number of carbonyl (C=O) groups excluding carboxylic acids is 1. The van der Waals surface area contributed by atoms with Crippen molar-refractivity contribution in [3.05, 3.63) is 35.9 Å². The van der Waals surface area contributed by atoms with Gasteiger partial charge in [-0.25, -0.2) is 0 Å². The van der Waals surface area contributed by atoms with E-state index in [1.54, 1.807) is 4.90 Å². The number of nitrogens with zero attached hydrogens (tertiary/aromatic N) is 2. The molecule has 1 aromatic rings. The molecule has 1 amide bonds. The molecule has 0 aliphatic heterocycles. The summed E-state index contributed by atoms with van der Waals surface area (Å²) < 4.78 is 0. The zero-order valence-electron chi connectivity index (χ0n) is 12.1. The summed E-state index contributed by atoms with van der Waals surface area (Å²) >= 11 is 0. The molecule has 106 valence electrons. The molecule has 1 aliphatic carbocycles. The van der Waals surface area contributed by atoms with Crippen molar-refractivity contribution in [3.63, 3.8) is 0 Å². The highest BCUT2D eigenvalue weighted by Crippen LogP contribution is 2.26. The van der Waals surface area contributed by atoms with Crippen molar-refractivity contribution < 1.29 is 4.79 Å². The average Bonchev–Trinajstić information content (AvgIpc) is 2.99. The lowest BCUT2D eigenvalue weighted by Gasteiger charge is -2.27. The molecule has 1 fully saturated rings. The van der Waals surface area contributed by atoms with Gasteiger partial charge in [-0.2, -0.15) is 5.26 Å². The minimum atomic E-state index is 0.120. The molecule has 0 radical (unpaired) electrons. The molecule has 0 spiro atoms. The molecule has 0 aromatic heterocycles. The van der Waals surface area contributed by atoms with Gasteiger partial charge < -0.3 is 4.90 Å². The smallest absolute Gasteiger partial charge is 0.224 e. The minimum Gasteiger partial charge on any atom is -0.326 e. The first kappa shape index (κ1) is 14.6. The molecule has 0 heterocycles. The van der Waals surface area contributed by atoms with E-state index in [0.717, 1.165) is 12.8 Å². The van der Waals surface area contributed by atoms with Crippen molar-refractivity contribution in [2.75, 3.05) is 6.54 Å². The Bertz CT molecular complexity index is 472. The SMILES string of the molecule is CC(CC(=O)N(CC#N)C1CCCC1)c1ccccc1. The van der Waals surface area contributed by atoms with Crippen molar-refractivity contribution in [1.82, 2.24) is 4.90 Å². The lowest BCUT2D eigenvalue weighted by Crippen LogP contribution is -2.39. The topological polar surface area (TPSA) is 44.1 Å². The van der Waals surface area contributed by atoms with Crippen LogP contribution in [0.1, 0.15) is 50.5 Å². The van der Waals surface area contributed by atoms with Gasteiger partial charge in [-0.15, -0.1) is 0 Å². The van der Waals surface area contributed by atoms with Gasteiger partial charge in [0.25, 0.3) is 0 Å². The maximum Gasteiger partial charge on any atom is 0.224 e. The van der Waals surface area contributed by atoms with Crippen molar-refractivity contribution in [3.8, 4) is 6.07 Å². The van der Waals surface area contributed by atoms with Crippen molar-refractivity contribution in [2.45, 2.75) is 51.0 Å². The molecule has 20 heavy (non-hydrogen) atoms. The quantitative estimate of drug-likeness (QED) is 0.769. The first-order valence-electron chi connectivity index (χ1n) is 7.43. The van der Waals surface area contributed by atoms with Crippen LogP contribution >= 0.6 is 0 Å². The summed E-state index contributed by atoms with van der Waals surface area (Å²) in [6.07, 6.45) is 4.94. The second kappa shape index (κ2) is 7.09. The van der Waals surface area contributed by atoms with E-state index >= 15 is 0 Å². The van der Waals surface area contributed by atoms with Crippen LogP contribution in [0, 0.1) is 11.3 Å².